The predicted molar refractivity (Wildman–Crippen MR) is 109 cm³/mol. The van der Waals surface area contributed by atoms with Gasteiger partial charge in [-0.1, -0.05) is 12.1 Å². The van der Waals surface area contributed by atoms with E-state index in [1.165, 1.54) is 16.1 Å². The zero-order valence-corrected chi connectivity index (χ0v) is 16.7. The fourth-order valence-electron chi connectivity index (χ4n) is 3.78. The normalized spacial score (nSPS) is 21.1. The molecule has 1 unspecified atom stereocenters. The molecule has 2 saturated heterocycles. The Kier molecular flexibility index (Phi) is 6.86. The van der Waals surface area contributed by atoms with Crippen molar-refractivity contribution in [3.8, 4) is 0 Å². The Morgan fingerprint density at radius 2 is 2.04 bits per heavy atom. The number of rotatable bonds is 5. The van der Waals surface area contributed by atoms with Crippen LogP contribution in [0.1, 0.15) is 24.3 Å². The van der Waals surface area contributed by atoms with Crippen LogP contribution >= 0.6 is 23.7 Å². The van der Waals surface area contributed by atoms with Crippen molar-refractivity contribution in [3.63, 3.8) is 0 Å². The second-order valence-corrected chi connectivity index (χ2v) is 8.24. The molecule has 2 fully saturated rings. The third-order valence-electron chi connectivity index (χ3n) is 5.35. The van der Waals surface area contributed by atoms with Crippen LogP contribution in [0.4, 0.5) is 0 Å². The minimum Gasteiger partial charge on any atom is -0.340 e. The third kappa shape index (κ3) is 4.74. The van der Waals surface area contributed by atoms with Crippen molar-refractivity contribution in [1.82, 2.24) is 20.1 Å². The lowest BCUT2D eigenvalue weighted by Gasteiger charge is -2.34. The first-order valence-electron chi connectivity index (χ1n) is 9.33. The Hall–Kier alpha value is -1.21. The maximum Gasteiger partial charge on any atom is 0.222 e. The SMILES string of the molecule is Cl.O=C(CCC1CCNC1)N1CCN(Cc2nc3ccccc3s2)CC1. The number of carbonyl (C=O) groups excluding carboxylic acids is 1. The van der Waals surface area contributed by atoms with Crippen LogP contribution in [0.2, 0.25) is 0 Å². The standard InChI is InChI=1S/C19H26N4OS.ClH/c24-19(6-5-15-7-8-20-13-15)23-11-9-22(10-12-23)14-18-21-16-3-1-2-4-17(16)25-18;/h1-4,15,20H,5-14H2;1H. The van der Waals surface area contributed by atoms with Gasteiger partial charge in [0.1, 0.15) is 5.01 Å². The molecule has 4 rings (SSSR count). The van der Waals surface area contributed by atoms with Crippen LogP contribution in [0.25, 0.3) is 10.2 Å². The zero-order valence-electron chi connectivity index (χ0n) is 15.0. The molecule has 1 aromatic carbocycles. The molecule has 1 atom stereocenters. The summed E-state index contributed by atoms with van der Waals surface area (Å²) in [5.41, 5.74) is 1.10. The van der Waals surface area contributed by atoms with Crippen LogP contribution in [0.15, 0.2) is 24.3 Å². The first-order valence-corrected chi connectivity index (χ1v) is 10.1. The molecule has 1 N–H and O–H groups in total. The van der Waals surface area contributed by atoms with Gasteiger partial charge in [0.2, 0.25) is 5.91 Å². The summed E-state index contributed by atoms with van der Waals surface area (Å²) < 4.78 is 1.26. The number of halogens is 1. The molecule has 2 aromatic rings. The van der Waals surface area contributed by atoms with Gasteiger partial charge in [0.15, 0.2) is 0 Å². The molecule has 142 valence electrons. The van der Waals surface area contributed by atoms with Gasteiger partial charge in [0.25, 0.3) is 0 Å². The molecular weight excluding hydrogens is 368 g/mol. The second kappa shape index (κ2) is 9.13. The fourth-order valence-corrected chi connectivity index (χ4v) is 4.79. The first kappa shape index (κ1) is 19.5. The highest BCUT2D eigenvalue weighted by Gasteiger charge is 2.23. The van der Waals surface area contributed by atoms with Gasteiger partial charge < -0.3 is 10.2 Å². The first-order chi connectivity index (χ1) is 12.3. The number of amides is 1. The maximum atomic E-state index is 12.4. The van der Waals surface area contributed by atoms with E-state index in [4.69, 9.17) is 4.98 Å². The number of hydrogen-bond acceptors (Lipinski definition) is 5. The zero-order chi connectivity index (χ0) is 17.1. The van der Waals surface area contributed by atoms with E-state index in [0.29, 0.717) is 18.2 Å². The number of nitrogens with one attached hydrogen (secondary N) is 1. The number of benzene rings is 1. The van der Waals surface area contributed by atoms with Gasteiger partial charge in [-0.25, -0.2) is 4.98 Å². The van der Waals surface area contributed by atoms with Crippen LogP contribution in [0.3, 0.4) is 0 Å². The number of para-hydroxylation sites is 1. The monoisotopic (exact) mass is 394 g/mol. The molecule has 0 aliphatic carbocycles. The topological polar surface area (TPSA) is 48.5 Å². The fraction of sp³-hybridized carbons (Fsp3) is 0.579. The van der Waals surface area contributed by atoms with Crippen molar-refractivity contribution in [2.45, 2.75) is 25.8 Å². The summed E-state index contributed by atoms with van der Waals surface area (Å²) in [6.45, 7) is 6.71. The van der Waals surface area contributed by atoms with E-state index >= 15 is 0 Å². The van der Waals surface area contributed by atoms with E-state index in [9.17, 15) is 4.79 Å². The summed E-state index contributed by atoms with van der Waals surface area (Å²) in [6, 6.07) is 8.31. The highest BCUT2D eigenvalue weighted by Crippen LogP contribution is 2.23. The summed E-state index contributed by atoms with van der Waals surface area (Å²) in [4.78, 5) is 21.6. The number of hydrogen-bond donors (Lipinski definition) is 1. The maximum absolute atomic E-state index is 12.4. The van der Waals surface area contributed by atoms with E-state index in [1.54, 1.807) is 11.3 Å². The van der Waals surface area contributed by atoms with Gasteiger partial charge >= 0.3 is 0 Å². The van der Waals surface area contributed by atoms with Gasteiger partial charge in [-0.3, -0.25) is 9.69 Å². The highest BCUT2D eigenvalue weighted by molar-refractivity contribution is 7.18. The quantitative estimate of drug-likeness (QED) is 0.847. The molecule has 26 heavy (non-hydrogen) atoms. The van der Waals surface area contributed by atoms with Crippen molar-refractivity contribution < 1.29 is 4.79 Å². The number of piperazine rings is 1. The number of nitrogens with zero attached hydrogens (tertiary/aromatic N) is 3. The Morgan fingerprint density at radius 1 is 1.23 bits per heavy atom. The Balaban J connectivity index is 0.00000196. The number of aromatic nitrogens is 1. The highest BCUT2D eigenvalue weighted by atomic mass is 35.5. The van der Waals surface area contributed by atoms with Gasteiger partial charge in [-0.2, -0.15) is 0 Å². The Bertz CT molecular complexity index is 690. The van der Waals surface area contributed by atoms with E-state index in [-0.39, 0.29) is 12.4 Å². The van der Waals surface area contributed by atoms with Crippen molar-refractivity contribution in [1.29, 1.82) is 0 Å². The number of thiazole rings is 1. The van der Waals surface area contributed by atoms with E-state index in [2.05, 4.69) is 33.3 Å². The minimum atomic E-state index is 0. The van der Waals surface area contributed by atoms with Crippen molar-refractivity contribution in [2.75, 3.05) is 39.3 Å². The molecule has 1 aromatic heterocycles. The Labute approximate surface area is 165 Å². The van der Waals surface area contributed by atoms with Crippen LogP contribution in [-0.2, 0) is 11.3 Å². The van der Waals surface area contributed by atoms with Crippen molar-refractivity contribution in [3.05, 3.63) is 29.3 Å². The van der Waals surface area contributed by atoms with Crippen LogP contribution in [-0.4, -0.2) is 60.0 Å². The summed E-state index contributed by atoms with van der Waals surface area (Å²) in [6.07, 6.45) is 2.98. The van der Waals surface area contributed by atoms with E-state index in [1.807, 2.05) is 6.07 Å². The van der Waals surface area contributed by atoms with Crippen LogP contribution in [0, 0.1) is 5.92 Å². The molecule has 0 saturated carbocycles. The third-order valence-corrected chi connectivity index (χ3v) is 6.37. The molecular formula is C19H27ClN4OS. The molecule has 0 spiro atoms. The smallest absolute Gasteiger partial charge is 0.222 e. The van der Waals surface area contributed by atoms with Gasteiger partial charge in [-0.15, -0.1) is 23.7 Å². The molecule has 7 heteroatoms. The average Bonchev–Trinajstić information content (AvgIpc) is 3.29. The molecule has 2 aliphatic heterocycles. The largest absolute Gasteiger partial charge is 0.340 e. The van der Waals surface area contributed by atoms with Gasteiger partial charge in [-0.05, 0) is 44.0 Å². The summed E-state index contributed by atoms with van der Waals surface area (Å²) in [7, 11) is 0. The summed E-state index contributed by atoms with van der Waals surface area (Å²) in [5.74, 6) is 1.04. The lowest BCUT2D eigenvalue weighted by atomic mass is 10.0. The van der Waals surface area contributed by atoms with E-state index < -0.39 is 0 Å². The average molecular weight is 395 g/mol. The van der Waals surface area contributed by atoms with Gasteiger partial charge in [0, 0.05) is 32.6 Å². The second-order valence-electron chi connectivity index (χ2n) is 7.13. The Morgan fingerprint density at radius 3 is 2.77 bits per heavy atom. The summed E-state index contributed by atoms with van der Waals surface area (Å²) >= 11 is 1.78. The molecule has 2 aliphatic rings. The lowest BCUT2D eigenvalue weighted by Crippen LogP contribution is -2.48. The lowest BCUT2D eigenvalue weighted by molar-refractivity contribution is -0.133. The molecule has 3 heterocycles. The molecule has 0 bridgehead atoms. The molecule has 1 amide bonds. The number of fused-ring (bicyclic) bond motifs is 1. The van der Waals surface area contributed by atoms with Crippen LogP contribution in [0.5, 0.6) is 0 Å². The van der Waals surface area contributed by atoms with E-state index in [0.717, 1.165) is 57.8 Å². The number of carbonyl (C=O) groups is 1. The minimum absolute atomic E-state index is 0. The predicted octanol–water partition coefficient (Wildman–Crippen LogP) is 2.75. The van der Waals surface area contributed by atoms with Crippen molar-refractivity contribution >= 4 is 39.9 Å². The molecule has 5 nitrogen and oxygen atoms in total. The van der Waals surface area contributed by atoms with Crippen molar-refractivity contribution in [2.24, 2.45) is 5.92 Å². The summed E-state index contributed by atoms with van der Waals surface area (Å²) in [5, 5.41) is 4.55. The van der Waals surface area contributed by atoms with Crippen LogP contribution < -0.4 is 5.32 Å². The molecule has 0 radical (unpaired) electrons. The van der Waals surface area contributed by atoms with Gasteiger partial charge in [0.05, 0.1) is 16.8 Å².